The Labute approximate surface area is 152 Å². The topological polar surface area (TPSA) is 33.2 Å². The number of thiazole rings is 1. The van der Waals surface area contributed by atoms with Crippen LogP contribution >= 0.6 is 23.1 Å². The highest BCUT2D eigenvalue weighted by Crippen LogP contribution is 2.37. The average Bonchev–Trinajstić information content (AvgIpc) is 2.96. The van der Waals surface area contributed by atoms with Gasteiger partial charge in [0.15, 0.2) is 0 Å². The molecule has 3 rings (SSSR count). The van der Waals surface area contributed by atoms with Gasteiger partial charge in [-0.2, -0.15) is 0 Å². The minimum absolute atomic E-state index is 0.219. The number of amides is 1. The fourth-order valence-electron chi connectivity index (χ4n) is 3.13. The number of hydrogen-bond acceptors (Lipinski definition) is 4. The normalized spacial score (nSPS) is 16.7. The minimum Gasteiger partial charge on any atom is -0.338 e. The number of aromatic nitrogens is 1. The summed E-state index contributed by atoms with van der Waals surface area (Å²) in [5.41, 5.74) is 2.48. The molecular formula is C19H24N2OS2. The van der Waals surface area contributed by atoms with Crippen molar-refractivity contribution in [3.05, 3.63) is 45.4 Å². The number of benzene rings is 1. The Morgan fingerprint density at radius 3 is 2.83 bits per heavy atom. The van der Waals surface area contributed by atoms with Crippen molar-refractivity contribution >= 4 is 29.0 Å². The maximum atomic E-state index is 12.6. The zero-order valence-corrected chi connectivity index (χ0v) is 16.2. The summed E-state index contributed by atoms with van der Waals surface area (Å²) in [7, 11) is 1.95. The maximum Gasteiger partial charge on any atom is 0.223 e. The highest BCUT2D eigenvalue weighted by molar-refractivity contribution is 7.99. The smallest absolute Gasteiger partial charge is 0.223 e. The molecule has 0 radical (unpaired) electrons. The lowest BCUT2D eigenvalue weighted by atomic mass is 9.97. The predicted octanol–water partition coefficient (Wildman–Crippen LogP) is 4.78. The Hall–Kier alpha value is -1.33. The first-order valence-corrected chi connectivity index (χ1v) is 10.3. The number of carbonyl (C=O) groups excluding carboxylic acids is 1. The average molecular weight is 361 g/mol. The van der Waals surface area contributed by atoms with Crippen molar-refractivity contribution < 1.29 is 4.79 Å². The van der Waals surface area contributed by atoms with Gasteiger partial charge in [-0.05, 0) is 45.2 Å². The molecule has 0 saturated heterocycles. The Kier molecular flexibility index (Phi) is 5.61. The summed E-state index contributed by atoms with van der Waals surface area (Å²) in [4.78, 5) is 21.7. The van der Waals surface area contributed by atoms with E-state index in [4.69, 9.17) is 0 Å². The molecule has 0 saturated carbocycles. The summed E-state index contributed by atoms with van der Waals surface area (Å²) in [6.45, 7) is 4.15. The van der Waals surface area contributed by atoms with Crippen LogP contribution in [0.5, 0.6) is 0 Å². The number of rotatable bonds is 5. The Bertz CT molecular complexity index is 709. The van der Waals surface area contributed by atoms with E-state index in [1.54, 1.807) is 23.1 Å². The number of hydrogen-bond donors (Lipinski definition) is 0. The molecule has 1 unspecified atom stereocenters. The Morgan fingerprint density at radius 1 is 1.33 bits per heavy atom. The molecule has 0 spiro atoms. The lowest BCUT2D eigenvalue weighted by Gasteiger charge is -2.30. The standard InChI is InChI=1S/C19H24N2OS2/c1-13-7-9-15(10-8-13)23-12-11-18(22)21(3)17-6-4-5-16-19(17)24-14(2)20-16/h7-10,17H,4-6,11-12H2,1-3H3. The summed E-state index contributed by atoms with van der Waals surface area (Å²) in [6.07, 6.45) is 3.82. The lowest BCUT2D eigenvalue weighted by molar-refractivity contribution is -0.131. The lowest BCUT2D eigenvalue weighted by Crippen LogP contribution is -2.32. The van der Waals surface area contributed by atoms with E-state index < -0.39 is 0 Å². The van der Waals surface area contributed by atoms with Gasteiger partial charge in [0.05, 0.1) is 21.6 Å². The fraction of sp³-hybridized carbons (Fsp3) is 0.474. The van der Waals surface area contributed by atoms with Gasteiger partial charge in [0, 0.05) is 24.1 Å². The van der Waals surface area contributed by atoms with E-state index in [-0.39, 0.29) is 11.9 Å². The van der Waals surface area contributed by atoms with E-state index in [1.165, 1.54) is 21.0 Å². The van der Waals surface area contributed by atoms with Crippen LogP contribution in [-0.4, -0.2) is 28.6 Å². The van der Waals surface area contributed by atoms with Crippen LogP contribution in [0.25, 0.3) is 0 Å². The molecule has 0 bridgehead atoms. The Morgan fingerprint density at radius 2 is 2.08 bits per heavy atom. The number of aryl methyl sites for hydroxylation is 3. The summed E-state index contributed by atoms with van der Waals surface area (Å²) in [5, 5.41) is 1.11. The van der Waals surface area contributed by atoms with Crippen molar-refractivity contribution in [2.24, 2.45) is 0 Å². The highest BCUT2D eigenvalue weighted by Gasteiger charge is 2.29. The number of thioether (sulfide) groups is 1. The zero-order chi connectivity index (χ0) is 17.1. The van der Waals surface area contributed by atoms with Crippen molar-refractivity contribution in [1.29, 1.82) is 0 Å². The summed E-state index contributed by atoms with van der Waals surface area (Å²) in [5.74, 6) is 1.06. The van der Waals surface area contributed by atoms with Crippen LogP contribution in [0.1, 0.15) is 46.4 Å². The van der Waals surface area contributed by atoms with E-state index in [2.05, 4.69) is 43.1 Å². The molecule has 0 N–H and O–H groups in total. The second-order valence-corrected chi connectivity index (χ2v) is 8.77. The van der Waals surface area contributed by atoms with Crippen LogP contribution in [0.3, 0.4) is 0 Å². The first-order valence-electron chi connectivity index (χ1n) is 8.46. The number of nitrogens with zero attached hydrogens (tertiary/aromatic N) is 2. The van der Waals surface area contributed by atoms with Crippen molar-refractivity contribution in [3.8, 4) is 0 Å². The molecule has 0 aliphatic heterocycles. The molecule has 2 aromatic rings. The van der Waals surface area contributed by atoms with Gasteiger partial charge in [0.2, 0.25) is 5.91 Å². The van der Waals surface area contributed by atoms with E-state index >= 15 is 0 Å². The van der Waals surface area contributed by atoms with Gasteiger partial charge in [-0.25, -0.2) is 4.98 Å². The molecule has 24 heavy (non-hydrogen) atoms. The summed E-state index contributed by atoms with van der Waals surface area (Å²) >= 11 is 3.51. The van der Waals surface area contributed by atoms with Crippen LogP contribution in [0.4, 0.5) is 0 Å². The van der Waals surface area contributed by atoms with Crippen molar-refractivity contribution in [2.75, 3.05) is 12.8 Å². The third kappa shape index (κ3) is 4.01. The molecule has 1 atom stereocenters. The SMILES string of the molecule is Cc1ccc(SCCC(=O)N(C)C2CCCc3nc(C)sc32)cc1. The van der Waals surface area contributed by atoms with Gasteiger partial charge >= 0.3 is 0 Å². The molecular weight excluding hydrogens is 336 g/mol. The molecule has 0 fully saturated rings. The number of carbonyl (C=O) groups is 1. The van der Waals surface area contributed by atoms with Crippen LogP contribution in [0, 0.1) is 13.8 Å². The summed E-state index contributed by atoms with van der Waals surface area (Å²) < 4.78 is 0. The summed E-state index contributed by atoms with van der Waals surface area (Å²) in [6, 6.07) is 8.71. The quantitative estimate of drug-likeness (QED) is 0.720. The van der Waals surface area contributed by atoms with Crippen LogP contribution in [-0.2, 0) is 11.2 Å². The molecule has 5 heteroatoms. The molecule has 1 aliphatic rings. The van der Waals surface area contributed by atoms with Gasteiger partial charge in [0.25, 0.3) is 0 Å². The number of fused-ring (bicyclic) bond motifs is 1. The van der Waals surface area contributed by atoms with Gasteiger partial charge < -0.3 is 4.90 Å². The minimum atomic E-state index is 0.219. The van der Waals surface area contributed by atoms with Gasteiger partial charge in [-0.1, -0.05) is 17.7 Å². The van der Waals surface area contributed by atoms with E-state index in [0.29, 0.717) is 6.42 Å². The monoisotopic (exact) mass is 360 g/mol. The van der Waals surface area contributed by atoms with Gasteiger partial charge in [-0.3, -0.25) is 4.79 Å². The largest absolute Gasteiger partial charge is 0.338 e. The maximum absolute atomic E-state index is 12.6. The highest BCUT2D eigenvalue weighted by atomic mass is 32.2. The fourth-order valence-corrected chi connectivity index (χ4v) is 5.12. The Balaban J connectivity index is 1.56. The van der Waals surface area contributed by atoms with E-state index in [9.17, 15) is 4.79 Å². The van der Waals surface area contributed by atoms with Crippen LogP contribution in [0.15, 0.2) is 29.2 Å². The molecule has 1 aromatic heterocycles. The van der Waals surface area contributed by atoms with Crippen molar-refractivity contribution in [3.63, 3.8) is 0 Å². The predicted molar refractivity (Wildman–Crippen MR) is 102 cm³/mol. The molecule has 1 aromatic carbocycles. The van der Waals surface area contributed by atoms with Gasteiger partial charge in [0.1, 0.15) is 0 Å². The van der Waals surface area contributed by atoms with E-state index in [0.717, 1.165) is 30.0 Å². The molecule has 1 aliphatic carbocycles. The molecule has 1 heterocycles. The van der Waals surface area contributed by atoms with Gasteiger partial charge in [-0.15, -0.1) is 23.1 Å². The first-order chi connectivity index (χ1) is 11.5. The molecule has 1 amide bonds. The second-order valence-electron chi connectivity index (χ2n) is 6.37. The third-order valence-electron chi connectivity index (χ3n) is 4.49. The first kappa shape index (κ1) is 17.5. The molecule has 3 nitrogen and oxygen atoms in total. The van der Waals surface area contributed by atoms with Crippen LogP contribution in [0.2, 0.25) is 0 Å². The van der Waals surface area contributed by atoms with E-state index in [1.807, 2.05) is 11.9 Å². The van der Waals surface area contributed by atoms with Crippen LogP contribution < -0.4 is 0 Å². The zero-order valence-electron chi connectivity index (χ0n) is 14.5. The second kappa shape index (κ2) is 7.70. The third-order valence-corrected chi connectivity index (χ3v) is 6.62. The van der Waals surface area contributed by atoms with Crippen molar-refractivity contribution in [1.82, 2.24) is 9.88 Å². The van der Waals surface area contributed by atoms with Crippen molar-refractivity contribution in [2.45, 2.75) is 50.5 Å². The molecule has 128 valence electrons.